The summed E-state index contributed by atoms with van der Waals surface area (Å²) in [6.45, 7) is 3.09. The normalized spacial score (nSPS) is 18.2. The van der Waals surface area contributed by atoms with E-state index in [9.17, 15) is 13.2 Å². The number of nitrogens with zero attached hydrogens (tertiary/aromatic N) is 2. The van der Waals surface area contributed by atoms with E-state index < -0.39 is 10.0 Å². The van der Waals surface area contributed by atoms with Crippen molar-refractivity contribution in [3.8, 4) is 6.07 Å². The summed E-state index contributed by atoms with van der Waals surface area (Å²) in [4.78, 5) is 12.9. The molecule has 0 spiro atoms. The van der Waals surface area contributed by atoms with E-state index >= 15 is 0 Å². The Bertz CT molecular complexity index is 943. The number of hydrogen-bond donors (Lipinski definition) is 1. The highest BCUT2D eigenvalue weighted by atomic mass is 32.2. The third-order valence-electron chi connectivity index (χ3n) is 4.33. The van der Waals surface area contributed by atoms with Crippen molar-refractivity contribution >= 4 is 33.0 Å². The van der Waals surface area contributed by atoms with Crippen LogP contribution in [0.5, 0.6) is 0 Å². The van der Waals surface area contributed by atoms with Crippen LogP contribution in [-0.2, 0) is 10.0 Å². The molecule has 1 aliphatic heterocycles. The van der Waals surface area contributed by atoms with E-state index in [2.05, 4.69) is 5.32 Å². The summed E-state index contributed by atoms with van der Waals surface area (Å²) in [5.41, 5.74) is 1.06. The molecule has 26 heavy (non-hydrogen) atoms. The average Bonchev–Trinajstić information content (AvgIpc) is 3.13. The highest BCUT2D eigenvalue weighted by molar-refractivity contribution is 7.89. The molecule has 0 aliphatic carbocycles. The Balaban J connectivity index is 1.74. The number of carbonyl (C=O) groups is 1. The smallest absolute Gasteiger partial charge is 0.265 e. The number of rotatable bonds is 4. The van der Waals surface area contributed by atoms with Gasteiger partial charge in [-0.3, -0.25) is 4.79 Å². The standard InChI is InChI=1S/C18H19N3O3S2/c1-13-3-2-8-21(11-13)26(23,24)16-9-17(25-12-16)18(22)20-15-6-4-14(10-19)5-7-15/h4-7,9,12-13H,2-3,8,11H2,1H3,(H,20,22). The van der Waals surface area contributed by atoms with Crippen molar-refractivity contribution in [2.45, 2.75) is 24.7 Å². The molecule has 2 heterocycles. The van der Waals surface area contributed by atoms with Crippen molar-refractivity contribution in [3.63, 3.8) is 0 Å². The molecule has 136 valence electrons. The van der Waals surface area contributed by atoms with Gasteiger partial charge < -0.3 is 5.32 Å². The van der Waals surface area contributed by atoms with Crippen LogP contribution in [0.25, 0.3) is 0 Å². The molecule has 2 aromatic rings. The van der Waals surface area contributed by atoms with Crippen molar-refractivity contribution in [2.75, 3.05) is 18.4 Å². The summed E-state index contributed by atoms with van der Waals surface area (Å²) < 4.78 is 27.0. The first-order valence-electron chi connectivity index (χ1n) is 8.30. The van der Waals surface area contributed by atoms with Gasteiger partial charge in [-0.1, -0.05) is 6.92 Å². The van der Waals surface area contributed by atoms with Gasteiger partial charge in [-0.05, 0) is 49.1 Å². The maximum absolute atomic E-state index is 12.8. The Kier molecular flexibility index (Phi) is 5.41. The molecule has 1 fully saturated rings. The van der Waals surface area contributed by atoms with Gasteiger partial charge in [0.05, 0.1) is 21.4 Å². The molecule has 1 aromatic heterocycles. The van der Waals surface area contributed by atoms with Crippen LogP contribution < -0.4 is 5.32 Å². The molecule has 1 N–H and O–H groups in total. The highest BCUT2D eigenvalue weighted by Gasteiger charge is 2.30. The molecule has 8 heteroatoms. The lowest BCUT2D eigenvalue weighted by molar-refractivity contribution is 0.103. The molecule has 0 saturated carbocycles. The number of amides is 1. The van der Waals surface area contributed by atoms with Gasteiger partial charge in [-0.15, -0.1) is 11.3 Å². The number of nitrogens with one attached hydrogen (secondary N) is 1. The minimum Gasteiger partial charge on any atom is -0.321 e. The lowest BCUT2D eigenvalue weighted by Crippen LogP contribution is -2.38. The van der Waals surface area contributed by atoms with Crippen LogP contribution in [0.15, 0.2) is 40.6 Å². The third-order valence-corrected chi connectivity index (χ3v) is 7.25. The van der Waals surface area contributed by atoms with Crippen molar-refractivity contribution in [2.24, 2.45) is 5.92 Å². The minimum absolute atomic E-state index is 0.168. The highest BCUT2D eigenvalue weighted by Crippen LogP contribution is 2.27. The van der Waals surface area contributed by atoms with E-state index in [1.54, 1.807) is 24.3 Å². The van der Waals surface area contributed by atoms with E-state index in [1.165, 1.54) is 15.8 Å². The summed E-state index contributed by atoms with van der Waals surface area (Å²) >= 11 is 1.11. The van der Waals surface area contributed by atoms with Gasteiger partial charge >= 0.3 is 0 Å². The maximum Gasteiger partial charge on any atom is 0.265 e. The molecule has 1 aromatic carbocycles. The summed E-state index contributed by atoms with van der Waals surface area (Å²) in [5.74, 6) is -0.0236. The number of benzene rings is 1. The SMILES string of the molecule is CC1CCCN(S(=O)(=O)c2csc(C(=O)Nc3ccc(C#N)cc3)c2)C1. The van der Waals surface area contributed by atoms with Gasteiger partial charge in [0.15, 0.2) is 0 Å². The molecule has 1 amide bonds. The summed E-state index contributed by atoms with van der Waals surface area (Å²) in [5, 5.41) is 13.0. The Morgan fingerprint density at radius 3 is 2.73 bits per heavy atom. The first-order valence-corrected chi connectivity index (χ1v) is 10.6. The van der Waals surface area contributed by atoms with Gasteiger partial charge in [0.25, 0.3) is 5.91 Å². The van der Waals surface area contributed by atoms with E-state index in [4.69, 9.17) is 5.26 Å². The first-order chi connectivity index (χ1) is 12.4. The number of nitriles is 1. The van der Waals surface area contributed by atoms with Crippen LogP contribution in [0.1, 0.15) is 35.0 Å². The zero-order valence-corrected chi connectivity index (χ0v) is 15.9. The van der Waals surface area contributed by atoms with Crippen molar-refractivity contribution in [3.05, 3.63) is 46.2 Å². The van der Waals surface area contributed by atoms with Crippen molar-refractivity contribution in [1.29, 1.82) is 5.26 Å². The van der Waals surface area contributed by atoms with Crippen LogP contribution >= 0.6 is 11.3 Å². The molecular formula is C18H19N3O3S2. The predicted octanol–water partition coefficient (Wildman–Crippen LogP) is 3.29. The van der Waals surface area contributed by atoms with Gasteiger partial charge in [0, 0.05) is 24.2 Å². The van der Waals surface area contributed by atoms with Crippen LogP contribution in [0, 0.1) is 17.2 Å². The fraction of sp³-hybridized carbons (Fsp3) is 0.333. The topological polar surface area (TPSA) is 90.3 Å². The van der Waals surface area contributed by atoms with E-state index in [0.717, 1.165) is 24.2 Å². The summed E-state index contributed by atoms with van der Waals surface area (Å²) in [6.07, 6.45) is 1.89. The van der Waals surface area contributed by atoms with E-state index in [0.29, 0.717) is 35.1 Å². The second kappa shape index (κ2) is 7.58. The largest absolute Gasteiger partial charge is 0.321 e. The summed E-state index contributed by atoms with van der Waals surface area (Å²) in [7, 11) is -3.56. The lowest BCUT2D eigenvalue weighted by atomic mass is 10.0. The zero-order valence-electron chi connectivity index (χ0n) is 14.3. The number of anilines is 1. The first kappa shape index (κ1) is 18.6. The number of hydrogen-bond acceptors (Lipinski definition) is 5. The van der Waals surface area contributed by atoms with E-state index in [1.807, 2.05) is 13.0 Å². The lowest BCUT2D eigenvalue weighted by Gasteiger charge is -2.29. The Labute approximate surface area is 157 Å². The molecule has 1 atom stereocenters. The fourth-order valence-electron chi connectivity index (χ4n) is 2.91. The van der Waals surface area contributed by atoms with Crippen LogP contribution in [0.3, 0.4) is 0 Å². The second-order valence-electron chi connectivity index (χ2n) is 6.40. The second-order valence-corrected chi connectivity index (χ2v) is 9.25. The van der Waals surface area contributed by atoms with Crippen LogP contribution in [-0.4, -0.2) is 31.7 Å². The number of piperidine rings is 1. The van der Waals surface area contributed by atoms with Crippen molar-refractivity contribution in [1.82, 2.24) is 4.31 Å². The predicted molar refractivity (Wildman–Crippen MR) is 101 cm³/mol. The summed E-state index contributed by atoms with van der Waals surface area (Å²) in [6, 6.07) is 9.93. The molecule has 1 aliphatic rings. The van der Waals surface area contributed by atoms with Crippen LogP contribution in [0.4, 0.5) is 5.69 Å². The number of sulfonamides is 1. The molecule has 3 rings (SSSR count). The van der Waals surface area contributed by atoms with Gasteiger partial charge in [0.2, 0.25) is 10.0 Å². The van der Waals surface area contributed by atoms with Gasteiger partial charge in [-0.25, -0.2) is 8.42 Å². The number of carbonyl (C=O) groups excluding carboxylic acids is 1. The monoisotopic (exact) mass is 389 g/mol. The van der Waals surface area contributed by atoms with E-state index in [-0.39, 0.29) is 10.8 Å². The third kappa shape index (κ3) is 3.96. The molecule has 6 nitrogen and oxygen atoms in total. The Morgan fingerprint density at radius 1 is 1.35 bits per heavy atom. The van der Waals surface area contributed by atoms with Crippen molar-refractivity contribution < 1.29 is 13.2 Å². The van der Waals surface area contributed by atoms with Gasteiger partial charge in [-0.2, -0.15) is 9.57 Å². The molecule has 1 unspecified atom stereocenters. The molecule has 1 saturated heterocycles. The fourth-order valence-corrected chi connectivity index (χ4v) is 5.66. The quantitative estimate of drug-likeness (QED) is 0.869. The maximum atomic E-state index is 12.8. The van der Waals surface area contributed by atoms with Crippen LogP contribution in [0.2, 0.25) is 0 Å². The Morgan fingerprint density at radius 2 is 2.08 bits per heavy atom. The minimum atomic E-state index is -3.56. The molecular weight excluding hydrogens is 370 g/mol. The van der Waals surface area contributed by atoms with Gasteiger partial charge in [0.1, 0.15) is 0 Å². The average molecular weight is 390 g/mol. The Hall–Kier alpha value is -2.21. The molecule has 0 radical (unpaired) electrons. The molecule has 0 bridgehead atoms. The zero-order chi connectivity index (χ0) is 18.7. The number of thiophene rings is 1.